The fourth-order valence-electron chi connectivity index (χ4n) is 2.65. The Morgan fingerprint density at radius 1 is 1.21 bits per heavy atom. The van der Waals surface area contributed by atoms with Crippen molar-refractivity contribution >= 4 is 34.6 Å². The molecule has 1 aliphatic carbocycles. The van der Waals surface area contributed by atoms with E-state index in [1.54, 1.807) is 0 Å². The van der Waals surface area contributed by atoms with E-state index in [2.05, 4.69) is 24.5 Å². The lowest BCUT2D eigenvalue weighted by molar-refractivity contribution is 0.225. The maximum Gasteiger partial charge on any atom is 0.171 e. The molecule has 0 aliphatic heterocycles. The molecule has 104 valence electrons. The lowest BCUT2D eigenvalue weighted by atomic mass is 9.78. The average Bonchev–Trinajstić information content (AvgIpc) is 2.38. The van der Waals surface area contributed by atoms with Crippen LogP contribution in [0.5, 0.6) is 0 Å². The molecule has 1 aromatic rings. The predicted molar refractivity (Wildman–Crippen MR) is 86.8 cm³/mol. The number of halogens is 1. The van der Waals surface area contributed by atoms with Crippen molar-refractivity contribution in [2.75, 3.05) is 5.32 Å². The van der Waals surface area contributed by atoms with Crippen LogP contribution in [0.1, 0.15) is 33.1 Å². The quantitative estimate of drug-likeness (QED) is 0.788. The molecule has 1 aromatic carbocycles. The second-order valence-corrected chi connectivity index (χ2v) is 6.32. The summed E-state index contributed by atoms with van der Waals surface area (Å²) in [6.07, 6.45) is 3.82. The van der Waals surface area contributed by atoms with Crippen molar-refractivity contribution in [1.82, 2.24) is 5.32 Å². The molecule has 2 N–H and O–H groups in total. The van der Waals surface area contributed by atoms with Crippen molar-refractivity contribution in [1.29, 1.82) is 0 Å². The molecule has 19 heavy (non-hydrogen) atoms. The number of thiocarbonyl (C=S) groups is 1. The van der Waals surface area contributed by atoms with Crippen LogP contribution in [0.4, 0.5) is 5.69 Å². The smallest absolute Gasteiger partial charge is 0.171 e. The Kier molecular flexibility index (Phi) is 5.06. The molecule has 0 aromatic heterocycles. The third kappa shape index (κ3) is 4.08. The van der Waals surface area contributed by atoms with Gasteiger partial charge in [-0.2, -0.15) is 0 Å². The van der Waals surface area contributed by atoms with Gasteiger partial charge in [0.2, 0.25) is 0 Å². The number of hydrogen-bond donors (Lipinski definition) is 2. The van der Waals surface area contributed by atoms with Gasteiger partial charge in [0.15, 0.2) is 5.11 Å². The highest BCUT2D eigenvalue weighted by molar-refractivity contribution is 7.80. The molecule has 0 radical (unpaired) electrons. The van der Waals surface area contributed by atoms with E-state index in [0.29, 0.717) is 17.1 Å². The van der Waals surface area contributed by atoms with E-state index in [4.69, 9.17) is 23.8 Å². The molecular weight excluding hydrogens is 276 g/mol. The Hall–Kier alpha value is -0.800. The van der Waals surface area contributed by atoms with Crippen LogP contribution in [0.25, 0.3) is 0 Å². The maximum absolute atomic E-state index is 5.86. The SMILES string of the molecule is C[C@@H]1[C@H](C)CCC[C@H]1NC(=S)Nc1ccc(Cl)cc1. The summed E-state index contributed by atoms with van der Waals surface area (Å²) >= 11 is 11.2. The first-order valence-corrected chi connectivity index (χ1v) is 7.68. The normalized spacial score (nSPS) is 26.8. The Morgan fingerprint density at radius 3 is 2.58 bits per heavy atom. The monoisotopic (exact) mass is 296 g/mol. The zero-order valence-electron chi connectivity index (χ0n) is 11.4. The second-order valence-electron chi connectivity index (χ2n) is 5.48. The molecule has 0 amide bonds. The molecular formula is C15H21ClN2S. The van der Waals surface area contributed by atoms with E-state index in [9.17, 15) is 0 Å². The molecule has 0 spiro atoms. The molecule has 2 rings (SSSR count). The Bertz CT molecular complexity index is 432. The Balaban J connectivity index is 1.88. The topological polar surface area (TPSA) is 24.1 Å². The van der Waals surface area contributed by atoms with Crippen LogP contribution < -0.4 is 10.6 Å². The zero-order valence-corrected chi connectivity index (χ0v) is 13.0. The summed E-state index contributed by atoms with van der Waals surface area (Å²) in [4.78, 5) is 0. The highest BCUT2D eigenvalue weighted by Crippen LogP contribution is 2.29. The zero-order chi connectivity index (χ0) is 13.8. The number of hydrogen-bond acceptors (Lipinski definition) is 1. The van der Waals surface area contributed by atoms with E-state index >= 15 is 0 Å². The highest BCUT2D eigenvalue weighted by Gasteiger charge is 2.27. The van der Waals surface area contributed by atoms with Gasteiger partial charge in [0, 0.05) is 16.8 Å². The van der Waals surface area contributed by atoms with E-state index in [0.717, 1.165) is 16.6 Å². The first kappa shape index (κ1) is 14.6. The first-order valence-electron chi connectivity index (χ1n) is 6.89. The van der Waals surface area contributed by atoms with Crippen LogP contribution in [0, 0.1) is 11.8 Å². The minimum absolute atomic E-state index is 0.482. The summed E-state index contributed by atoms with van der Waals surface area (Å²) < 4.78 is 0. The van der Waals surface area contributed by atoms with Gasteiger partial charge in [0.05, 0.1) is 0 Å². The molecule has 4 heteroatoms. The number of nitrogens with one attached hydrogen (secondary N) is 2. The minimum atomic E-state index is 0.482. The largest absolute Gasteiger partial charge is 0.359 e. The summed E-state index contributed by atoms with van der Waals surface area (Å²) in [6, 6.07) is 8.07. The average molecular weight is 297 g/mol. The van der Waals surface area contributed by atoms with Gasteiger partial charge in [0.25, 0.3) is 0 Å². The third-order valence-corrected chi connectivity index (χ3v) is 4.60. The lowest BCUT2D eigenvalue weighted by Gasteiger charge is -2.35. The predicted octanol–water partition coefficient (Wildman–Crippen LogP) is 4.45. The fourth-order valence-corrected chi connectivity index (χ4v) is 3.05. The highest BCUT2D eigenvalue weighted by atomic mass is 35.5. The summed E-state index contributed by atoms with van der Waals surface area (Å²) in [6.45, 7) is 4.64. The van der Waals surface area contributed by atoms with Crippen molar-refractivity contribution in [2.45, 2.75) is 39.2 Å². The van der Waals surface area contributed by atoms with Crippen molar-refractivity contribution in [2.24, 2.45) is 11.8 Å². The Labute approximate surface area is 125 Å². The third-order valence-electron chi connectivity index (χ3n) is 4.13. The minimum Gasteiger partial charge on any atom is -0.359 e. The summed E-state index contributed by atoms with van der Waals surface area (Å²) in [5.74, 6) is 1.43. The van der Waals surface area contributed by atoms with Gasteiger partial charge in [-0.15, -0.1) is 0 Å². The van der Waals surface area contributed by atoms with E-state index in [1.807, 2.05) is 24.3 Å². The lowest BCUT2D eigenvalue weighted by Crippen LogP contribution is -2.45. The van der Waals surface area contributed by atoms with Gasteiger partial charge in [-0.25, -0.2) is 0 Å². The van der Waals surface area contributed by atoms with E-state index < -0.39 is 0 Å². The number of benzene rings is 1. The molecule has 0 unspecified atom stereocenters. The molecule has 0 heterocycles. The number of anilines is 1. The molecule has 3 atom stereocenters. The molecule has 0 saturated heterocycles. The first-order chi connectivity index (χ1) is 9.06. The van der Waals surface area contributed by atoms with E-state index in [-0.39, 0.29) is 0 Å². The van der Waals surface area contributed by atoms with Gasteiger partial charge in [-0.1, -0.05) is 38.3 Å². The molecule has 1 fully saturated rings. The molecule has 0 bridgehead atoms. The van der Waals surface area contributed by atoms with Crippen LogP contribution in [0.3, 0.4) is 0 Å². The molecule has 1 saturated carbocycles. The maximum atomic E-state index is 5.86. The van der Waals surface area contributed by atoms with Crippen LogP contribution in [0.15, 0.2) is 24.3 Å². The van der Waals surface area contributed by atoms with Crippen LogP contribution in [0.2, 0.25) is 5.02 Å². The van der Waals surface area contributed by atoms with Crippen molar-refractivity contribution in [3.05, 3.63) is 29.3 Å². The van der Waals surface area contributed by atoms with Crippen LogP contribution in [-0.4, -0.2) is 11.2 Å². The van der Waals surface area contributed by atoms with Crippen molar-refractivity contribution < 1.29 is 0 Å². The van der Waals surface area contributed by atoms with Crippen LogP contribution in [-0.2, 0) is 0 Å². The van der Waals surface area contributed by atoms with Gasteiger partial charge in [-0.05, 0) is 54.7 Å². The van der Waals surface area contributed by atoms with Gasteiger partial charge in [0.1, 0.15) is 0 Å². The summed E-state index contributed by atoms with van der Waals surface area (Å²) in [5.41, 5.74) is 0.971. The fraction of sp³-hybridized carbons (Fsp3) is 0.533. The summed E-state index contributed by atoms with van der Waals surface area (Å²) in [7, 11) is 0. The van der Waals surface area contributed by atoms with Gasteiger partial charge in [-0.3, -0.25) is 0 Å². The molecule has 1 aliphatic rings. The Morgan fingerprint density at radius 2 is 1.89 bits per heavy atom. The molecule has 2 nitrogen and oxygen atoms in total. The van der Waals surface area contributed by atoms with Gasteiger partial charge >= 0.3 is 0 Å². The second kappa shape index (κ2) is 6.58. The van der Waals surface area contributed by atoms with Crippen molar-refractivity contribution in [3.8, 4) is 0 Å². The standard InChI is InChI=1S/C15H21ClN2S/c1-10-4-3-5-14(11(10)2)18-15(19)17-13-8-6-12(16)7-9-13/h6-11,14H,3-5H2,1-2H3,(H2,17,18,19)/t10-,11-,14-/m1/s1. The van der Waals surface area contributed by atoms with Crippen LogP contribution >= 0.6 is 23.8 Å². The number of rotatable bonds is 2. The van der Waals surface area contributed by atoms with E-state index in [1.165, 1.54) is 19.3 Å². The van der Waals surface area contributed by atoms with Crippen molar-refractivity contribution in [3.63, 3.8) is 0 Å². The summed E-state index contributed by atoms with van der Waals surface area (Å²) in [5, 5.41) is 8.10. The van der Waals surface area contributed by atoms with Gasteiger partial charge < -0.3 is 10.6 Å².